The Hall–Kier alpha value is -1.63. The van der Waals surface area contributed by atoms with E-state index in [0.717, 1.165) is 0 Å². The Labute approximate surface area is 150 Å². The van der Waals surface area contributed by atoms with Crippen molar-refractivity contribution in [1.29, 1.82) is 0 Å². The van der Waals surface area contributed by atoms with Gasteiger partial charge in [-0.05, 0) is 39.0 Å². The molecule has 0 unspecified atom stereocenters. The molecule has 2 atom stereocenters. The first-order valence-electron chi connectivity index (χ1n) is 8.80. The second-order valence-corrected chi connectivity index (χ2v) is 8.22. The maximum Gasteiger partial charge on any atom is 0.407 e. The minimum atomic E-state index is -1.11. The van der Waals surface area contributed by atoms with Gasteiger partial charge in [0.1, 0.15) is 5.60 Å². The third-order valence-corrected chi connectivity index (χ3v) is 3.16. The van der Waals surface area contributed by atoms with Crippen LogP contribution in [0.2, 0.25) is 0 Å². The average molecular weight is 358 g/mol. The molecule has 0 rings (SSSR count). The lowest BCUT2D eigenvalue weighted by Crippen LogP contribution is -2.48. The van der Waals surface area contributed by atoms with Crippen LogP contribution in [0, 0.1) is 11.8 Å². The molecular formula is C18H34N2O5. The molecule has 0 saturated carbocycles. The maximum absolute atomic E-state index is 11.9. The molecule has 0 aromatic carbocycles. The molecule has 0 heterocycles. The highest BCUT2D eigenvalue weighted by Crippen LogP contribution is 2.13. The third kappa shape index (κ3) is 12.4. The topological polar surface area (TPSA) is 105 Å². The summed E-state index contributed by atoms with van der Waals surface area (Å²) in [4.78, 5) is 35.5. The smallest absolute Gasteiger partial charge is 0.407 e. The van der Waals surface area contributed by atoms with E-state index in [9.17, 15) is 19.5 Å². The summed E-state index contributed by atoms with van der Waals surface area (Å²) in [7, 11) is 0. The van der Waals surface area contributed by atoms with Gasteiger partial charge in [-0.25, -0.2) is 4.79 Å². The number of imide groups is 1. The Morgan fingerprint density at radius 3 is 1.92 bits per heavy atom. The predicted octanol–water partition coefficient (Wildman–Crippen LogP) is 2.37. The Morgan fingerprint density at radius 1 is 0.960 bits per heavy atom. The molecule has 0 fully saturated rings. The van der Waals surface area contributed by atoms with Crippen molar-refractivity contribution in [1.82, 2.24) is 10.6 Å². The number of alkyl carbamates (subject to hydrolysis) is 1. The van der Waals surface area contributed by atoms with E-state index in [1.54, 1.807) is 20.8 Å². The minimum Gasteiger partial charge on any atom is -0.444 e. The van der Waals surface area contributed by atoms with E-state index in [-0.39, 0.29) is 30.6 Å². The number of amides is 3. The SMILES string of the molecule is CC(C)CC(=O)NC(=O)C[C@H](O)[C@H](CC(C)C)NC(=O)OC(C)(C)C. The van der Waals surface area contributed by atoms with Gasteiger partial charge in [0, 0.05) is 6.42 Å². The van der Waals surface area contributed by atoms with E-state index in [1.807, 2.05) is 27.7 Å². The number of carbonyl (C=O) groups is 3. The fourth-order valence-corrected chi connectivity index (χ4v) is 2.24. The van der Waals surface area contributed by atoms with Gasteiger partial charge >= 0.3 is 6.09 Å². The average Bonchev–Trinajstić information content (AvgIpc) is 2.33. The molecule has 0 aliphatic rings. The number of ether oxygens (including phenoxy) is 1. The molecule has 0 aliphatic heterocycles. The monoisotopic (exact) mass is 358 g/mol. The minimum absolute atomic E-state index is 0.139. The molecule has 0 spiro atoms. The van der Waals surface area contributed by atoms with E-state index in [1.165, 1.54) is 0 Å². The molecule has 146 valence electrons. The van der Waals surface area contributed by atoms with E-state index in [0.29, 0.717) is 6.42 Å². The molecule has 7 nitrogen and oxygen atoms in total. The lowest BCUT2D eigenvalue weighted by Gasteiger charge is -2.27. The molecule has 0 radical (unpaired) electrons. The second kappa shape index (κ2) is 10.4. The van der Waals surface area contributed by atoms with Crippen molar-refractivity contribution >= 4 is 17.9 Å². The Balaban J connectivity index is 4.72. The predicted molar refractivity (Wildman–Crippen MR) is 95.8 cm³/mol. The fraction of sp³-hybridized carbons (Fsp3) is 0.833. The lowest BCUT2D eigenvalue weighted by atomic mass is 9.97. The van der Waals surface area contributed by atoms with Crippen LogP contribution in [0.4, 0.5) is 4.79 Å². The summed E-state index contributed by atoms with van der Waals surface area (Å²) in [6.45, 7) is 12.9. The molecule has 0 aliphatic carbocycles. The van der Waals surface area contributed by atoms with Crippen molar-refractivity contribution in [3.05, 3.63) is 0 Å². The van der Waals surface area contributed by atoms with Crippen LogP contribution in [0.25, 0.3) is 0 Å². The standard InChI is InChI=1S/C18H34N2O5/c1-11(2)8-13(19-17(24)25-18(5,6)7)14(21)10-16(23)20-15(22)9-12(3)4/h11-14,21H,8-10H2,1-7H3,(H,19,24)(H,20,22,23)/t13-,14-/m0/s1. The van der Waals surface area contributed by atoms with E-state index in [2.05, 4.69) is 10.6 Å². The van der Waals surface area contributed by atoms with Crippen molar-refractivity contribution in [2.24, 2.45) is 11.8 Å². The van der Waals surface area contributed by atoms with Gasteiger partial charge < -0.3 is 15.2 Å². The number of aliphatic hydroxyl groups is 1. The van der Waals surface area contributed by atoms with Crippen LogP contribution < -0.4 is 10.6 Å². The van der Waals surface area contributed by atoms with Crippen LogP contribution in [0.5, 0.6) is 0 Å². The molecule has 0 bridgehead atoms. The summed E-state index contributed by atoms with van der Waals surface area (Å²) in [6.07, 6.45) is -1.30. The number of carbonyl (C=O) groups excluding carboxylic acids is 3. The number of aliphatic hydroxyl groups excluding tert-OH is 1. The summed E-state index contributed by atoms with van der Waals surface area (Å²) in [5.74, 6) is -0.592. The van der Waals surface area contributed by atoms with Gasteiger partial charge in [0.05, 0.1) is 18.6 Å². The highest BCUT2D eigenvalue weighted by molar-refractivity contribution is 5.95. The number of hydrogen-bond acceptors (Lipinski definition) is 5. The first-order chi connectivity index (χ1) is 11.3. The van der Waals surface area contributed by atoms with Crippen molar-refractivity contribution < 1.29 is 24.2 Å². The van der Waals surface area contributed by atoms with Crippen LogP contribution in [-0.2, 0) is 14.3 Å². The summed E-state index contributed by atoms with van der Waals surface area (Å²) in [5, 5.41) is 15.2. The van der Waals surface area contributed by atoms with Gasteiger partial charge in [0.15, 0.2) is 0 Å². The molecule has 3 amide bonds. The van der Waals surface area contributed by atoms with Crippen LogP contribution in [-0.4, -0.2) is 40.8 Å². The van der Waals surface area contributed by atoms with Gasteiger partial charge in [0.25, 0.3) is 0 Å². The van der Waals surface area contributed by atoms with Gasteiger partial charge in [-0.3, -0.25) is 14.9 Å². The second-order valence-electron chi connectivity index (χ2n) is 8.22. The Kier molecular flexibility index (Phi) is 9.70. The quantitative estimate of drug-likeness (QED) is 0.618. The highest BCUT2D eigenvalue weighted by atomic mass is 16.6. The summed E-state index contributed by atoms with van der Waals surface area (Å²) < 4.78 is 5.20. The van der Waals surface area contributed by atoms with Crippen molar-refractivity contribution in [2.75, 3.05) is 0 Å². The molecular weight excluding hydrogens is 324 g/mol. The van der Waals surface area contributed by atoms with E-state index >= 15 is 0 Å². The fourth-order valence-electron chi connectivity index (χ4n) is 2.24. The zero-order valence-electron chi connectivity index (χ0n) is 16.5. The van der Waals surface area contributed by atoms with Gasteiger partial charge in [-0.15, -0.1) is 0 Å². The lowest BCUT2D eigenvalue weighted by molar-refractivity contribution is -0.132. The van der Waals surface area contributed by atoms with Gasteiger partial charge in [0.2, 0.25) is 11.8 Å². The Bertz CT molecular complexity index is 455. The van der Waals surface area contributed by atoms with Gasteiger partial charge in [-0.1, -0.05) is 27.7 Å². The van der Waals surface area contributed by atoms with Crippen molar-refractivity contribution in [3.8, 4) is 0 Å². The summed E-state index contributed by atoms with van der Waals surface area (Å²) >= 11 is 0. The molecule has 3 N–H and O–H groups in total. The number of hydrogen-bond donors (Lipinski definition) is 3. The molecule has 0 saturated heterocycles. The van der Waals surface area contributed by atoms with E-state index in [4.69, 9.17) is 4.74 Å². The van der Waals surface area contributed by atoms with Crippen LogP contribution in [0.3, 0.4) is 0 Å². The van der Waals surface area contributed by atoms with Crippen LogP contribution in [0.15, 0.2) is 0 Å². The molecule has 0 aromatic heterocycles. The van der Waals surface area contributed by atoms with E-state index < -0.39 is 29.7 Å². The van der Waals surface area contributed by atoms with Crippen molar-refractivity contribution in [2.45, 2.75) is 85.5 Å². The number of nitrogens with one attached hydrogen (secondary N) is 2. The first-order valence-corrected chi connectivity index (χ1v) is 8.80. The Morgan fingerprint density at radius 2 is 1.48 bits per heavy atom. The summed E-state index contributed by atoms with van der Waals surface area (Å²) in [5.41, 5.74) is -0.655. The zero-order chi connectivity index (χ0) is 19.8. The normalized spacial score (nSPS) is 14.2. The first kappa shape index (κ1) is 23.4. The zero-order valence-corrected chi connectivity index (χ0v) is 16.5. The molecule has 0 aromatic rings. The molecule has 25 heavy (non-hydrogen) atoms. The number of rotatable bonds is 8. The van der Waals surface area contributed by atoms with Crippen LogP contribution in [0.1, 0.15) is 67.7 Å². The molecule has 7 heteroatoms. The largest absolute Gasteiger partial charge is 0.444 e. The van der Waals surface area contributed by atoms with Crippen LogP contribution >= 0.6 is 0 Å². The summed E-state index contributed by atoms with van der Waals surface area (Å²) in [6, 6.07) is -0.638. The third-order valence-electron chi connectivity index (χ3n) is 3.16. The maximum atomic E-state index is 11.9. The highest BCUT2D eigenvalue weighted by Gasteiger charge is 2.27. The van der Waals surface area contributed by atoms with Crippen molar-refractivity contribution in [3.63, 3.8) is 0 Å². The van der Waals surface area contributed by atoms with Gasteiger partial charge in [-0.2, -0.15) is 0 Å².